The number of hydrogen-bond donors (Lipinski definition) is 3. The number of hydrogen-bond acceptors (Lipinski definition) is 3. The Morgan fingerprint density at radius 1 is 1.05 bits per heavy atom. The Bertz CT molecular complexity index is 494. The van der Waals surface area contributed by atoms with Crippen molar-refractivity contribution < 1.29 is 22.8 Å². The summed E-state index contributed by atoms with van der Waals surface area (Å²) in [5.41, 5.74) is -0.467. The second kappa shape index (κ2) is 6.74. The van der Waals surface area contributed by atoms with E-state index in [-0.39, 0.29) is 19.0 Å². The molecule has 0 bridgehead atoms. The van der Waals surface area contributed by atoms with Crippen LogP contribution in [0.1, 0.15) is 0 Å². The molecule has 2 amide bonds. The standard InChI is InChI=1S/C11H12F3N3O2/c1-15-8(18)4-16-5-9(19)17-7-3-2-6(12)10(13)11(7)14/h2-3,16H,4-5H2,1H3,(H,15,18)(H,17,19). The van der Waals surface area contributed by atoms with Crippen LogP contribution in [-0.2, 0) is 9.59 Å². The van der Waals surface area contributed by atoms with Crippen LogP contribution in [0.15, 0.2) is 12.1 Å². The monoisotopic (exact) mass is 275 g/mol. The molecule has 0 aromatic heterocycles. The van der Waals surface area contributed by atoms with Crippen molar-refractivity contribution in [3.05, 3.63) is 29.6 Å². The maximum absolute atomic E-state index is 13.2. The van der Waals surface area contributed by atoms with Gasteiger partial charge in [-0.2, -0.15) is 0 Å². The number of benzene rings is 1. The highest BCUT2D eigenvalue weighted by Crippen LogP contribution is 2.19. The van der Waals surface area contributed by atoms with Crippen LogP contribution in [0.4, 0.5) is 18.9 Å². The third kappa shape index (κ3) is 4.25. The van der Waals surface area contributed by atoms with E-state index >= 15 is 0 Å². The summed E-state index contributed by atoms with van der Waals surface area (Å²) in [7, 11) is 1.43. The van der Waals surface area contributed by atoms with Crippen LogP contribution < -0.4 is 16.0 Å². The van der Waals surface area contributed by atoms with E-state index in [1.54, 1.807) is 0 Å². The zero-order valence-corrected chi connectivity index (χ0v) is 10.0. The summed E-state index contributed by atoms with van der Waals surface area (Å²) in [6.07, 6.45) is 0. The highest BCUT2D eigenvalue weighted by atomic mass is 19.2. The third-order valence-electron chi connectivity index (χ3n) is 2.16. The number of nitrogens with one attached hydrogen (secondary N) is 3. The molecule has 0 unspecified atom stereocenters. The lowest BCUT2D eigenvalue weighted by Crippen LogP contribution is -2.36. The second-order valence-corrected chi connectivity index (χ2v) is 3.55. The molecule has 0 heterocycles. The lowest BCUT2D eigenvalue weighted by Gasteiger charge is -2.08. The summed E-state index contributed by atoms with van der Waals surface area (Å²) in [5, 5.41) is 6.87. The molecule has 0 radical (unpaired) electrons. The number of carbonyl (C=O) groups excluding carboxylic acids is 2. The topological polar surface area (TPSA) is 70.2 Å². The Labute approximate surface area is 107 Å². The Kier molecular flexibility index (Phi) is 5.31. The molecule has 5 nitrogen and oxygen atoms in total. The highest BCUT2D eigenvalue weighted by Gasteiger charge is 2.15. The van der Waals surface area contributed by atoms with Gasteiger partial charge in [0.2, 0.25) is 11.8 Å². The van der Waals surface area contributed by atoms with Crippen LogP contribution in [0, 0.1) is 17.5 Å². The third-order valence-corrected chi connectivity index (χ3v) is 2.16. The summed E-state index contributed by atoms with van der Waals surface area (Å²) in [5.74, 6) is -5.48. The van der Waals surface area contributed by atoms with Gasteiger partial charge in [0.15, 0.2) is 17.5 Å². The molecule has 8 heteroatoms. The molecule has 0 aliphatic carbocycles. The van der Waals surface area contributed by atoms with Gasteiger partial charge in [-0.25, -0.2) is 13.2 Å². The van der Waals surface area contributed by atoms with Gasteiger partial charge in [0, 0.05) is 7.05 Å². The maximum Gasteiger partial charge on any atom is 0.238 e. The Morgan fingerprint density at radius 2 is 1.68 bits per heavy atom. The minimum atomic E-state index is -1.66. The van der Waals surface area contributed by atoms with Gasteiger partial charge in [0.25, 0.3) is 0 Å². The van der Waals surface area contributed by atoms with Crippen molar-refractivity contribution in [3.8, 4) is 0 Å². The lowest BCUT2D eigenvalue weighted by atomic mass is 10.2. The SMILES string of the molecule is CNC(=O)CNCC(=O)Nc1ccc(F)c(F)c1F. The van der Waals surface area contributed by atoms with E-state index in [1.165, 1.54) is 7.05 Å². The summed E-state index contributed by atoms with van der Waals surface area (Å²) in [6.45, 7) is -0.365. The number of rotatable bonds is 5. The van der Waals surface area contributed by atoms with Gasteiger partial charge in [-0.05, 0) is 12.1 Å². The van der Waals surface area contributed by atoms with Gasteiger partial charge in [-0.1, -0.05) is 0 Å². The Morgan fingerprint density at radius 3 is 2.32 bits per heavy atom. The molecule has 0 saturated carbocycles. The summed E-state index contributed by atoms with van der Waals surface area (Å²) in [6, 6.07) is 1.61. The molecule has 0 aliphatic rings. The van der Waals surface area contributed by atoms with Crippen molar-refractivity contribution in [2.24, 2.45) is 0 Å². The van der Waals surface area contributed by atoms with Crippen molar-refractivity contribution in [1.29, 1.82) is 0 Å². The second-order valence-electron chi connectivity index (χ2n) is 3.55. The van der Waals surface area contributed by atoms with Gasteiger partial charge >= 0.3 is 0 Å². The number of halogens is 3. The predicted octanol–water partition coefficient (Wildman–Crippen LogP) is 0.378. The molecule has 0 aliphatic heterocycles. The maximum atomic E-state index is 13.2. The first-order valence-corrected chi connectivity index (χ1v) is 5.30. The molecule has 1 rings (SSSR count). The molecular weight excluding hydrogens is 263 g/mol. The van der Waals surface area contributed by atoms with Crippen LogP contribution in [0.2, 0.25) is 0 Å². The molecular formula is C11H12F3N3O2. The van der Waals surface area contributed by atoms with Gasteiger partial charge in [-0.3, -0.25) is 14.9 Å². The van der Waals surface area contributed by atoms with Crippen molar-refractivity contribution in [3.63, 3.8) is 0 Å². The smallest absolute Gasteiger partial charge is 0.238 e. The van der Waals surface area contributed by atoms with Gasteiger partial charge in [0.1, 0.15) is 0 Å². The van der Waals surface area contributed by atoms with E-state index in [9.17, 15) is 22.8 Å². The molecule has 104 valence electrons. The molecule has 0 atom stereocenters. The molecule has 1 aromatic rings. The minimum absolute atomic E-state index is 0.0931. The normalized spacial score (nSPS) is 10.1. The van der Waals surface area contributed by atoms with Crippen molar-refractivity contribution in [1.82, 2.24) is 10.6 Å². The van der Waals surface area contributed by atoms with Crippen molar-refractivity contribution >= 4 is 17.5 Å². The number of likely N-dealkylation sites (N-methyl/N-ethyl adjacent to an activating group) is 1. The van der Waals surface area contributed by atoms with Crippen LogP contribution in [0.5, 0.6) is 0 Å². The van der Waals surface area contributed by atoms with Crippen molar-refractivity contribution in [2.75, 3.05) is 25.5 Å². The first kappa shape index (κ1) is 15.0. The molecule has 1 aromatic carbocycles. The Hall–Kier alpha value is -2.09. The number of anilines is 1. The average Bonchev–Trinajstić information content (AvgIpc) is 2.39. The molecule has 0 saturated heterocycles. The fraction of sp³-hybridized carbons (Fsp3) is 0.273. The first-order valence-electron chi connectivity index (χ1n) is 5.30. The average molecular weight is 275 g/mol. The fourth-order valence-corrected chi connectivity index (χ4v) is 1.19. The quantitative estimate of drug-likeness (QED) is 0.680. The zero-order valence-electron chi connectivity index (χ0n) is 10.0. The van der Waals surface area contributed by atoms with Crippen LogP contribution in [0.25, 0.3) is 0 Å². The van der Waals surface area contributed by atoms with Crippen LogP contribution >= 0.6 is 0 Å². The molecule has 3 N–H and O–H groups in total. The summed E-state index contributed by atoms with van der Waals surface area (Å²) < 4.78 is 38.7. The highest BCUT2D eigenvalue weighted by molar-refractivity contribution is 5.92. The largest absolute Gasteiger partial charge is 0.358 e. The first-order chi connectivity index (χ1) is 8.95. The van der Waals surface area contributed by atoms with Gasteiger partial charge < -0.3 is 10.6 Å². The number of carbonyl (C=O) groups is 2. The van der Waals surface area contributed by atoms with Gasteiger partial charge in [0.05, 0.1) is 18.8 Å². The Balaban J connectivity index is 2.53. The molecule has 0 fully saturated rings. The van der Waals surface area contributed by atoms with Crippen LogP contribution in [0.3, 0.4) is 0 Å². The molecule has 19 heavy (non-hydrogen) atoms. The lowest BCUT2D eigenvalue weighted by molar-refractivity contribution is -0.120. The van der Waals surface area contributed by atoms with E-state index in [1.807, 2.05) is 0 Å². The van der Waals surface area contributed by atoms with E-state index in [0.717, 1.165) is 6.07 Å². The predicted molar refractivity (Wildman–Crippen MR) is 61.9 cm³/mol. The number of amides is 2. The minimum Gasteiger partial charge on any atom is -0.358 e. The molecule has 0 spiro atoms. The van der Waals surface area contributed by atoms with E-state index < -0.39 is 29.0 Å². The fourth-order valence-electron chi connectivity index (χ4n) is 1.19. The van der Waals surface area contributed by atoms with E-state index in [4.69, 9.17) is 0 Å². The summed E-state index contributed by atoms with van der Waals surface area (Å²) >= 11 is 0. The van der Waals surface area contributed by atoms with Crippen LogP contribution in [-0.4, -0.2) is 32.0 Å². The summed E-state index contributed by atoms with van der Waals surface area (Å²) in [4.78, 5) is 22.2. The van der Waals surface area contributed by atoms with Crippen molar-refractivity contribution in [2.45, 2.75) is 0 Å². The van der Waals surface area contributed by atoms with E-state index in [2.05, 4.69) is 16.0 Å². The zero-order chi connectivity index (χ0) is 14.4. The van der Waals surface area contributed by atoms with Gasteiger partial charge in [-0.15, -0.1) is 0 Å². The van der Waals surface area contributed by atoms with E-state index in [0.29, 0.717) is 6.07 Å².